The minimum Gasteiger partial charge on any atom is -0.349 e. The zero-order valence-electron chi connectivity index (χ0n) is 14.2. The normalized spacial score (nSPS) is 17.4. The largest absolute Gasteiger partial charge is 0.349 e. The summed E-state index contributed by atoms with van der Waals surface area (Å²) < 4.78 is 0. The van der Waals surface area contributed by atoms with Crippen molar-refractivity contribution in [3.8, 4) is 0 Å². The van der Waals surface area contributed by atoms with Crippen molar-refractivity contribution in [3.05, 3.63) is 28.2 Å². The number of rotatable bonds is 4. The highest BCUT2D eigenvalue weighted by atomic mass is 35.5. The van der Waals surface area contributed by atoms with Gasteiger partial charge in [-0.05, 0) is 51.1 Å². The highest BCUT2D eigenvalue weighted by molar-refractivity contribution is 6.35. The van der Waals surface area contributed by atoms with E-state index in [0.717, 1.165) is 25.9 Å². The average Bonchev–Trinajstić information content (AvgIpc) is 2.52. The highest BCUT2D eigenvalue weighted by Gasteiger charge is 2.30. The zero-order chi connectivity index (χ0) is 17.9. The van der Waals surface area contributed by atoms with Crippen LogP contribution in [-0.2, 0) is 9.59 Å². The van der Waals surface area contributed by atoms with Gasteiger partial charge in [0.1, 0.15) is 0 Å². The van der Waals surface area contributed by atoms with Gasteiger partial charge in [0, 0.05) is 35.7 Å². The summed E-state index contributed by atoms with van der Waals surface area (Å²) in [4.78, 5) is 28.2. The Morgan fingerprint density at radius 3 is 2.21 bits per heavy atom. The molecule has 132 valence electrons. The first kappa shape index (κ1) is 19.0. The summed E-state index contributed by atoms with van der Waals surface area (Å²) in [6, 6.07) is 4.67. The molecule has 0 aliphatic carbocycles. The lowest BCUT2D eigenvalue weighted by molar-refractivity contribution is -0.134. The van der Waals surface area contributed by atoms with Crippen LogP contribution in [0.25, 0.3) is 0 Å². The second-order valence-corrected chi connectivity index (χ2v) is 7.24. The predicted molar refractivity (Wildman–Crippen MR) is 97.5 cm³/mol. The Morgan fingerprint density at radius 2 is 1.71 bits per heavy atom. The van der Waals surface area contributed by atoms with Gasteiger partial charge in [0.15, 0.2) is 0 Å². The van der Waals surface area contributed by atoms with Crippen molar-refractivity contribution in [2.75, 3.05) is 32.5 Å². The van der Waals surface area contributed by atoms with E-state index in [1.165, 1.54) is 0 Å². The fourth-order valence-corrected chi connectivity index (χ4v) is 3.46. The number of likely N-dealkylation sites (tertiary alicyclic amines) is 1. The second-order valence-electron chi connectivity index (χ2n) is 6.37. The molecule has 2 rings (SSSR count). The molecule has 1 aliphatic heterocycles. The number of halogens is 2. The third kappa shape index (κ3) is 4.85. The van der Waals surface area contributed by atoms with E-state index in [4.69, 9.17) is 23.2 Å². The van der Waals surface area contributed by atoms with Crippen molar-refractivity contribution >= 4 is 40.7 Å². The lowest BCUT2D eigenvalue weighted by atomic mass is 9.94. The third-order valence-electron chi connectivity index (χ3n) is 4.38. The number of amides is 2. The summed E-state index contributed by atoms with van der Waals surface area (Å²) in [6.07, 6.45) is 1.55. The van der Waals surface area contributed by atoms with E-state index in [1.807, 2.05) is 6.92 Å². The SMILES string of the molecule is CC(C(=O)Nc1cc(Cl)cc(Cl)c1)N1CCC(C(=O)N(C)C)CC1. The number of hydrogen-bond acceptors (Lipinski definition) is 3. The smallest absolute Gasteiger partial charge is 0.241 e. The zero-order valence-corrected chi connectivity index (χ0v) is 15.7. The number of carbonyl (C=O) groups excluding carboxylic acids is 2. The van der Waals surface area contributed by atoms with E-state index in [9.17, 15) is 9.59 Å². The van der Waals surface area contributed by atoms with Crippen molar-refractivity contribution in [3.63, 3.8) is 0 Å². The van der Waals surface area contributed by atoms with Gasteiger partial charge in [-0.15, -0.1) is 0 Å². The standard InChI is InChI=1S/C17H23Cl2N3O2/c1-11(16(23)20-15-9-13(18)8-14(19)10-15)22-6-4-12(5-7-22)17(24)21(2)3/h8-12H,4-7H2,1-3H3,(H,20,23). The molecular formula is C17H23Cl2N3O2. The van der Waals surface area contributed by atoms with Gasteiger partial charge in [-0.25, -0.2) is 0 Å². The maximum atomic E-state index is 12.4. The van der Waals surface area contributed by atoms with Crippen LogP contribution in [0.5, 0.6) is 0 Å². The Labute approximate surface area is 152 Å². The summed E-state index contributed by atoms with van der Waals surface area (Å²) in [5.41, 5.74) is 0.585. The molecular weight excluding hydrogens is 349 g/mol. The monoisotopic (exact) mass is 371 g/mol. The topological polar surface area (TPSA) is 52.7 Å². The van der Waals surface area contributed by atoms with Gasteiger partial charge in [-0.3, -0.25) is 14.5 Å². The molecule has 24 heavy (non-hydrogen) atoms. The average molecular weight is 372 g/mol. The van der Waals surface area contributed by atoms with Crippen LogP contribution in [0.1, 0.15) is 19.8 Å². The molecule has 0 spiro atoms. The number of piperidine rings is 1. The first-order valence-corrected chi connectivity index (χ1v) is 8.75. The van der Waals surface area contributed by atoms with Crippen LogP contribution in [0.15, 0.2) is 18.2 Å². The molecule has 7 heteroatoms. The van der Waals surface area contributed by atoms with Gasteiger partial charge in [0.2, 0.25) is 11.8 Å². The molecule has 0 aromatic heterocycles. The highest BCUT2D eigenvalue weighted by Crippen LogP contribution is 2.24. The van der Waals surface area contributed by atoms with Gasteiger partial charge in [0.25, 0.3) is 0 Å². The summed E-state index contributed by atoms with van der Waals surface area (Å²) >= 11 is 11.9. The molecule has 2 amide bonds. The minimum absolute atomic E-state index is 0.0539. The van der Waals surface area contributed by atoms with Crippen molar-refractivity contribution in [2.24, 2.45) is 5.92 Å². The van der Waals surface area contributed by atoms with Crippen LogP contribution >= 0.6 is 23.2 Å². The summed E-state index contributed by atoms with van der Waals surface area (Å²) in [6.45, 7) is 3.33. The first-order valence-electron chi connectivity index (χ1n) is 8.00. The summed E-state index contributed by atoms with van der Waals surface area (Å²) in [7, 11) is 3.56. The minimum atomic E-state index is -0.279. The molecule has 1 heterocycles. The number of benzene rings is 1. The van der Waals surface area contributed by atoms with E-state index in [0.29, 0.717) is 15.7 Å². The Hall–Kier alpha value is -1.30. The Bertz CT molecular complexity index is 594. The van der Waals surface area contributed by atoms with Crippen LogP contribution in [0.3, 0.4) is 0 Å². The molecule has 1 aromatic rings. The summed E-state index contributed by atoms with van der Waals surface area (Å²) in [5, 5.41) is 3.81. The van der Waals surface area contributed by atoms with Gasteiger partial charge >= 0.3 is 0 Å². The molecule has 0 saturated carbocycles. The Balaban J connectivity index is 1.91. The summed E-state index contributed by atoms with van der Waals surface area (Å²) in [5.74, 6) is 0.115. The second kappa shape index (κ2) is 8.19. The van der Waals surface area contributed by atoms with Crippen molar-refractivity contribution in [1.29, 1.82) is 0 Å². The van der Waals surface area contributed by atoms with Crippen molar-refractivity contribution < 1.29 is 9.59 Å². The first-order chi connectivity index (χ1) is 11.3. The van der Waals surface area contributed by atoms with Crippen molar-refractivity contribution in [1.82, 2.24) is 9.80 Å². The van der Waals surface area contributed by atoms with Crippen LogP contribution < -0.4 is 5.32 Å². The molecule has 1 unspecified atom stereocenters. The number of carbonyl (C=O) groups is 2. The van der Waals surface area contributed by atoms with E-state index in [2.05, 4.69) is 10.2 Å². The fourth-order valence-electron chi connectivity index (χ4n) is 2.94. The number of nitrogens with zero attached hydrogens (tertiary/aromatic N) is 2. The molecule has 1 aliphatic rings. The Morgan fingerprint density at radius 1 is 1.17 bits per heavy atom. The molecule has 1 atom stereocenters. The third-order valence-corrected chi connectivity index (χ3v) is 4.81. The molecule has 1 N–H and O–H groups in total. The molecule has 1 aromatic carbocycles. The van der Waals surface area contributed by atoms with Gasteiger partial charge < -0.3 is 10.2 Å². The molecule has 0 radical (unpaired) electrons. The van der Waals surface area contributed by atoms with Crippen LogP contribution in [0, 0.1) is 5.92 Å². The van der Waals surface area contributed by atoms with E-state index >= 15 is 0 Å². The lowest BCUT2D eigenvalue weighted by Crippen LogP contribution is -2.48. The number of nitrogens with one attached hydrogen (secondary N) is 1. The van der Waals surface area contributed by atoms with E-state index < -0.39 is 0 Å². The van der Waals surface area contributed by atoms with Gasteiger partial charge in [-0.1, -0.05) is 23.2 Å². The van der Waals surface area contributed by atoms with Crippen LogP contribution in [0.4, 0.5) is 5.69 Å². The number of hydrogen-bond donors (Lipinski definition) is 1. The maximum absolute atomic E-state index is 12.4. The van der Waals surface area contributed by atoms with E-state index in [1.54, 1.807) is 37.2 Å². The number of anilines is 1. The van der Waals surface area contributed by atoms with Gasteiger partial charge in [0.05, 0.1) is 6.04 Å². The molecule has 5 nitrogen and oxygen atoms in total. The Kier molecular flexibility index (Phi) is 6.49. The lowest BCUT2D eigenvalue weighted by Gasteiger charge is -2.35. The molecule has 1 fully saturated rings. The molecule has 1 saturated heterocycles. The predicted octanol–water partition coefficient (Wildman–Crippen LogP) is 3.12. The van der Waals surface area contributed by atoms with Crippen LogP contribution in [0.2, 0.25) is 10.0 Å². The van der Waals surface area contributed by atoms with E-state index in [-0.39, 0.29) is 23.8 Å². The van der Waals surface area contributed by atoms with Crippen LogP contribution in [-0.4, -0.2) is 54.8 Å². The molecule has 0 bridgehead atoms. The van der Waals surface area contributed by atoms with Gasteiger partial charge in [-0.2, -0.15) is 0 Å². The maximum Gasteiger partial charge on any atom is 0.241 e. The quantitative estimate of drug-likeness (QED) is 0.884. The fraction of sp³-hybridized carbons (Fsp3) is 0.529. The van der Waals surface area contributed by atoms with Crippen molar-refractivity contribution in [2.45, 2.75) is 25.8 Å².